The van der Waals surface area contributed by atoms with Crippen LogP contribution >= 0.6 is 0 Å². The van der Waals surface area contributed by atoms with Gasteiger partial charge in [-0.1, -0.05) is 13.0 Å². The highest BCUT2D eigenvalue weighted by molar-refractivity contribution is 5.91. The monoisotopic (exact) mass is 292 g/mol. The SMILES string of the molecule is CCC(C)Oc1cccc(NC(=O)N2CC(C(=O)O)C2)c1. The molecule has 1 aromatic rings. The molecule has 0 aromatic heterocycles. The van der Waals surface area contributed by atoms with Gasteiger partial charge in [0.1, 0.15) is 5.75 Å². The van der Waals surface area contributed by atoms with Crippen molar-refractivity contribution in [1.82, 2.24) is 4.90 Å². The molecule has 1 unspecified atom stereocenters. The zero-order valence-corrected chi connectivity index (χ0v) is 12.2. The molecule has 21 heavy (non-hydrogen) atoms. The molecular formula is C15H20N2O4. The van der Waals surface area contributed by atoms with Crippen LogP contribution in [0.25, 0.3) is 0 Å². The molecule has 1 aliphatic rings. The number of rotatable bonds is 5. The van der Waals surface area contributed by atoms with Gasteiger partial charge in [-0.3, -0.25) is 4.79 Å². The van der Waals surface area contributed by atoms with Gasteiger partial charge in [-0.25, -0.2) is 4.79 Å². The summed E-state index contributed by atoms with van der Waals surface area (Å²) in [5, 5.41) is 11.5. The highest BCUT2D eigenvalue weighted by atomic mass is 16.5. The fourth-order valence-electron chi connectivity index (χ4n) is 1.97. The zero-order valence-electron chi connectivity index (χ0n) is 12.2. The van der Waals surface area contributed by atoms with Crippen LogP contribution in [-0.4, -0.2) is 41.2 Å². The molecule has 1 fully saturated rings. The number of nitrogens with one attached hydrogen (secondary N) is 1. The maximum absolute atomic E-state index is 11.9. The number of carboxylic acids is 1. The molecular weight excluding hydrogens is 272 g/mol. The quantitative estimate of drug-likeness (QED) is 0.873. The number of likely N-dealkylation sites (tertiary alicyclic amines) is 1. The van der Waals surface area contributed by atoms with Crippen LogP contribution in [0.4, 0.5) is 10.5 Å². The Hall–Kier alpha value is -2.24. The molecule has 2 amide bonds. The normalized spacial score (nSPS) is 16.0. The van der Waals surface area contributed by atoms with Gasteiger partial charge in [-0.15, -0.1) is 0 Å². The van der Waals surface area contributed by atoms with Crippen LogP contribution in [0.2, 0.25) is 0 Å². The van der Waals surface area contributed by atoms with E-state index in [2.05, 4.69) is 5.32 Å². The first-order chi connectivity index (χ1) is 9.99. The lowest BCUT2D eigenvalue weighted by molar-refractivity contribution is -0.145. The number of carboxylic acid groups (broad SMARTS) is 1. The predicted molar refractivity (Wildman–Crippen MR) is 78.5 cm³/mol. The first kappa shape index (κ1) is 15.2. The molecule has 2 N–H and O–H groups in total. The molecule has 2 rings (SSSR count). The van der Waals surface area contributed by atoms with E-state index in [1.807, 2.05) is 26.0 Å². The van der Waals surface area contributed by atoms with E-state index >= 15 is 0 Å². The maximum Gasteiger partial charge on any atom is 0.321 e. The van der Waals surface area contributed by atoms with Gasteiger partial charge in [0.05, 0.1) is 12.0 Å². The number of ether oxygens (including phenoxy) is 1. The zero-order chi connectivity index (χ0) is 15.4. The molecule has 1 heterocycles. The third kappa shape index (κ3) is 3.87. The molecule has 6 nitrogen and oxygen atoms in total. The van der Waals surface area contributed by atoms with Gasteiger partial charge in [0.2, 0.25) is 0 Å². The van der Waals surface area contributed by atoms with Crippen LogP contribution in [0.3, 0.4) is 0 Å². The Kier molecular flexibility index (Phi) is 4.67. The summed E-state index contributed by atoms with van der Waals surface area (Å²) < 4.78 is 5.69. The first-order valence-corrected chi connectivity index (χ1v) is 7.05. The Labute approximate surface area is 123 Å². The van der Waals surface area contributed by atoms with Gasteiger partial charge in [-0.05, 0) is 25.5 Å². The van der Waals surface area contributed by atoms with Gasteiger partial charge in [0.25, 0.3) is 0 Å². The topological polar surface area (TPSA) is 78.9 Å². The highest BCUT2D eigenvalue weighted by Crippen LogP contribution is 2.21. The first-order valence-electron chi connectivity index (χ1n) is 7.05. The minimum atomic E-state index is -0.858. The molecule has 1 aromatic carbocycles. The van der Waals surface area contributed by atoms with E-state index in [0.717, 1.165) is 6.42 Å². The van der Waals surface area contributed by atoms with E-state index in [4.69, 9.17) is 9.84 Å². The van der Waals surface area contributed by atoms with Crippen molar-refractivity contribution < 1.29 is 19.4 Å². The summed E-state index contributed by atoms with van der Waals surface area (Å²) in [5.74, 6) is -0.604. The van der Waals surface area contributed by atoms with Gasteiger partial charge in [0.15, 0.2) is 0 Å². The van der Waals surface area contributed by atoms with Gasteiger partial charge in [0, 0.05) is 24.8 Å². The van der Waals surface area contributed by atoms with Crippen molar-refractivity contribution in [2.45, 2.75) is 26.4 Å². The van der Waals surface area contributed by atoms with Crippen LogP contribution in [0.1, 0.15) is 20.3 Å². The number of benzene rings is 1. The number of anilines is 1. The summed E-state index contributed by atoms with van der Waals surface area (Å²) in [7, 11) is 0. The summed E-state index contributed by atoms with van der Waals surface area (Å²) in [4.78, 5) is 24.1. The van der Waals surface area contributed by atoms with E-state index in [-0.39, 0.29) is 25.2 Å². The standard InChI is InChI=1S/C15H20N2O4/c1-3-10(2)21-13-6-4-5-12(7-13)16-15(20)17-8-11(9-17)14(18)19/h4-7,10-11H,3,8-9H2,1-2H3,(H,16,20)(H,18,19). The smallest absolute Gasteiger partial charge is 0.321 e. The summed E-state index contributed by atoms with van der Waals surface area (Å²) in [6.45, 7) is 4.53. The van der Waals surface area contributed by atoms with E-state index in [1.165, 1.54) is 4.90 Å². The van der Waals surface area contributed by atoms with E-state index in [0.29, 0.717) is 11.4 Å². The number of carbonyl (C=O) groups excluding carboxylic acids is 1. The maximum atomic E-state index is 11.9. The lowest BCUT2D eigenvalue weighted by Crippen LogP contribution is -2.54. The molecule has 0 bridgehead atoms. The second kappa shape index (κ2) is 6.47. The average molecular weight is 292 g/mol. The lowest BCUT2D eigenvalue weighted by atomic mass is 10.0. The Morgan fingerprint density at radius 2 is 2.19 bits per heavy atom. The van der Waals surface area contributed by atoms with Crippen LogP contribution in [0.15, 0.2) is 24.3 Å². The van der Waals surface area contributed by atoms with Crippen molar-refractivity contribution in [3.63, 3.8) is 0 Å². The molecule has 6 heteroatoms. The molecule has 1 aliphatic heterocycles. The van der Waals surface area contributed by atoms with Crippen molar-refractivity contribution in [3.05, 3.63) is 24.3 Å². The molecule has 114 valence electrons. The van der Waals surface area contributed by atoms with E-state index < -0.39 is 11.9 Å². The van der Waals surface area contributed by atoms with Crippen LogP contribution in [-0.2, 0) is 4.79 Å². The molecule has 0 spiro atoms. The lowest BCUT2D eigenvalue weighted by Gasteiger charge is -2.36. The average Bonchev–Trinajstić information content (AvgIpc) is 2.36. The van der Waals surface area contributed by atoms with Gasteiger partial charge in [-0.2, -0.15) is 0 Å². The Balaban J connectivity index is 1.90. The van der Waals surface area contributed by atoms with Gasteiger partial charge < -0.3 is 20.1 Å². The number of amides is 2. The van der Waals surface area contributed by atoms with Crippen molar-refractivity contribution in [2.24, 2.45) is 5.92 Å². The number of hydrogen-bond donors (Lipinski definition) is 2. The van der Waals surface area contributed by atoms with Crippen molar-refractivity contribution in [3.8, 4) is 5.75 Å². The van der Waals surface area contributed by atoms with Crippen LogP contribution < -0.4 is 10.1 Å². The summed E-state index contributed by atoms with van der Waals surface area (Å²) in [6, 6.07) is 6.90. The minimum absolute atomic E-state index is 0.114. The highest BCUT2D eigenvalue weighted by Gasteiger charge is 2.35. The number of nitrogens with zero attached hydrogens (tertiary/aromatic N) is 1. The largest absolute Gasteiger partial charge is 0.491 e. The second-order valence-corrected chi connectivity index (χ2v) is 5.23. The van der Waals surface area contributed by atoms with Crippen molar-refractivity contribution >= 4 is 17.7 Å². The molecule has 0 aliphatic carbocycles. The molecule has 1 atom stereocenters. The summed E-state index contributed by atoms with van der Waals surface area (Å²) >= 11 is 0. The Bertz CT molecular complexity index is 526. The van der Waals surface area contributed by atoms with E-state index in [9.17, 15) is 9.59 Å². The third-order valence-corrected chi connectivity index (χ3v) is 3.52. The number of aliphatic carboxylic acids is 1. The van der Waals surface area contributed by atoms with Gasteiger partial charge >= 0.3 is 12.0 Å². The third-order valence-electron chi connectivity index (χ3n) is 3.52. The Morgan fingerprint density at radius 1 is 1.48 bits per heavy atom. The van der Waals surface area contributed by atoms with Crippen molar-refractivity contribution in [2.75, 3.05) is 18.4 Å². The molecule has 1 saturated heterocycles. The van der Waals surface area contributed by atoms with Crippen molar-refractivity contribution in [1.29, 1.82) is 0 Å². The van der Waals surface area contributed by atoms with Crippen LogP contribution in [0.5, 0.6) is 5.75 Å². The number of urea groups is 1. The molecule has 0 saturated carbocycles. The fourth-order valence-corrected chi connectivity index (χ4v) is 1.97. The summed E-state index contributed by atoms with van der Waals surface area (Å²) in [6.07, 6.45) is 1.02. The molecule has 0 radical (unpaired) electrons. The fraction of sp³-hybridized carbons (Fsp3) is 0.467. The number of hydrogen-bond acceptors (Lipinski definition) is 3. The second-order valence-electron chi connectivity index (χ2n) is 5.23. The van der Waals surface area contributed by atoms with E-state index in [1.54, 1.807) is 12.1 Å². The predicted octanol–water partition coefficient (Wildman–Crippen LogP) is 2.41. The summed E-state index contributed by atoms with van der Waals surface area (Å²) in [5.41, 5.74) is 0.638. The Morgan fingerprint density at radius 3 is 2.81 bits per heavy atom. The minimum Gasteiger partial charge on any atom is -0.491 e. The number of carbonyl (C=O) groups is 2. The van der Waals surface area contributed by atoms with Crippen LogP contribution in [0, 0.1) is 5.92 Å².